The maximum Gasteiger partial charge on any atom is 0.457 e. The van der Waals surface area contributed by atoms with E-state index in [1.807, 2.05) is 30.3 Å². The summed E-state index contributed by atoms with van der Waals surface area (Å²) in [5.74, 6) is -0.0893. The average Bonchev–Trinajstić information content (AvgIpc) is 2.67. The van der Waals surface area contributed by atoms with Crippen LogP contribution in [0.2, 0.25) is 5.82 Å². The van der Waals surface area contributed by atoms with E-state index in [1.165, 1.54) is 0 Å². The third-order valence-electron chi connectivity index (χ3n) is 2.74. The predicted molar refractivity (Wildman–Crippen MR) is 53.9 cm³/mol. The lowest BCUT2D eigenvalue weighted by molar-refractivity contribution is 0.191. The van der Waals surface area contributed by atoms with Crippen molar-refractivity contribution in [3.63, 3.8) is 0 Å². The number of benzene rings is 1. The monoisotopic (exact) mass is 192 g/mol. The highest BCUT2D eigenvalue weighted by molar-refractivity contribution is 6.43. The number of hydrogen-bond acceptors (Lipinski definition) is 3. The molecule has 1 aromatic rings. The summed E-state index contributed by atoms with van der Waals surface area (Å²) in [5.41, 5.74) is 1.11. The molecule has 0 spiro atoms. The second-order valence-corrected chi connectivity index (χ2v) is 3.63. The first-order valence-electron chi connectivity index (χ1n) is 4.78. The number of ether oxygens (including phenoxy) is 1. The molecule has 0 unspecified atom stereocenters. The van der Waals surface area contributed by atoms with E-state index >= 15 is 0 Å². The summed E-state index contributed by atoms with van der Waals surface area (Å²) < 4.78 is 5.27. The summed E-state index contributed by atoms with van der Waals surface area (Å²) in [6.07, 6.45) is 0. The van der Waals surface area contributed by atoms with Gasteiger partial charge in [0, 0.05) is 18.3 Å². The Morgan fingerprint density at radius 2 is 1.86 bits per heavy atom. The van der Waals surface area contributed by atoms with Crippen molar-refractivity contribution in [2.75, 3.05) is 13.2 Å². The Balaban J connectivity index is 2.18. The molecule has 1 aliphatic rings. The molecule has 0 aromatic heterocycles. The summed E-state index contributed by atoms with van der Waals surface area (Å²) in [6.45, 7) is 1.00. The Kier molecular flexibility index (Phi) is 2.86. The minimum absolute atomic E-state index is 0.108. The molecule has 74 valence electrons. The van der Waals surface area contributed by atoms with Crippen LogP contribution in [0, 0.1) is 0 Å². The summed E-state index contributed by atoms with van der Waals surface area (Å²) in [6, 6.07) is 9.84. The van der Waals surface area contributed by atoms with Gasteiger partial charge in [0.05, 0.1) is 6.61 Å². The highest BCUT2D eigenvalue weighted by atomic mass is 16.5. The third-order valence-corrected chi connectivity index (χ3v) is 2.74. The summed E-state index contributed by atoms with van der Waals surface area (Å²) >= 11 is 0. The molecule has 0 amide bonds. The fraction of sp³-hybridized carbons (Fsp3) is 0.400. The summed E-state index contributed by atoms with van der Waals surface area (Å²) in [7, 11) is -1.29. The second kappa shape index (κ2) is 4.13. The third kappa shape index (κ3) is 1.82. The van der Waals surface area contributed by atoms with E-state index in [1.54, 1.807) is 0 Å². The zero-order valence-corrected chi connectivity index (χ0v) is 7.84. The molecule has 2 rings (SSSR count). The van der Waals surface area contributed by atoms with Crippen LogP contribution < -0.4 is 0 Å². The number of hydrogen-bond donors (Lipinski definition) is 2. The molecule has 1 saturated heterocycles. The van der Waals surface area contributed by atoms with Crippen LogP contribution in [0.1, 0.15) is 11.5 Å². The smallest absolute Gasteiger partial charge is 0.427 e. The second-order valence-electron chi connectivity index (χ2n) is 3.63. The van der Waals surface area contributed by atoms with E-state index in [9.17, 15) is 0 Å². The maximum absolute atomic E-state index is 9.16. The highest BCUT2D eigenvalue weighted by Crippen LogP contribution is 2.35. The van der Waals surface area contributed by atoms with Crippen molar-refractivity contribution in [3.8, 4) is 0 Å². The SMILES string of the molecule is OB(O)[C@@H]1COC[C@@H]1c1ccccc1. The van der Waals surface area contributed by atoms with Crippen LogP contribution in [-0.2, 0) is 4.74 Å². The molecule has 4 heteroatoms. The fourth-order valence-corrected chi connectivity index (χ4v) is 1.91. The predicted octanol–water partition coefficient (Wildman–Crippen LogP) is 0.643. The van der Waals surface area contributed by atoms with Crippen molar-refractivity contribution >= 4 is 7.12 Å². The molecular weight excluding hydrogens is 179 g/mol. The Morgan fingerprint density at radius 1 is 1.14 bits per heavy atom. The zero-order valence-electron chi connectivity index (χ0n) is 7.84. The van der Waals surface area contributed by atoms with Gasteiger partial charge in [0.25, 0.3) is 0 Å². The molecule has 0 aliphatic carbocycles. The van der Waals surface area contributed by atoms with Crippen molar-refractivity contribution < 1.29 is 14.8 Å². The van der Waals surface area contributed by atoms with Crippen LogP contribution in [0.15, 0.2) is 30.3 Å². The maximum atomic E-state index is 9.16. The fourth-order valence-electron chi connectivity index (χ4n) is 1.91. The molecular formula is C10H13BO3. The van der Waals surface area contributed by atoms with E-state index < -0.39 is 7.12 Å². The van der Waals surface area contributed by atoms with Gasteiger partial charge < -0.3 is 14.8 Å². The lowest BCUT2D eigenvalue weighted by Crippen LogP contribution is -2.24. The molecule has 2 atom stereocenters. The van der Waals surface area contributed by atoms with Crippen LogP contribution in [-0.4, -0.2) is 30.4 Å². The van der Waals surface area contributed by atoms with Crippen molar-refractivity contribution in [2.24, 2.45) is 0 Å². The van der Waals surface area contributed by atoms with Crippen LogP contribution >= 0.6 is 0 Å². The lowest BCUT2D eigenvalue weighted by Gasteiger charge is -2.16. The van der Waals surface area contributed by atoms with Crippen LogP contribution in [0.3, 0.4) is 0 Å². The zero-order chi connectivity index (χ0) is 9.97. The van der Waals surface area contributed by atoms with E-state index in [0.29, 0.717) is 13.2 Å². The van der Waals surface area contributed by atoms with Gasteiger partial charge in [-0.1, -0.05) is 30.3 Å². The largest absolute Gasteiger partial charge is 0.457 e. The van der Waals surface area contributed by atoms with E-state index in [4.69, 9.17) is 14.8 Å². The number of rotatable bonds is 2. The quantitative estimate of drug-likeness (QED) is 0.676. The van der Waals surface area contributed by atoms with Gasteiger partial charge in [-0.05, 0) is 5.56 Å². The van der Waals surface area contributed by atoms with Crippen molar-refractivity contribution in [2.45, 2.75) is 11.7 Å². The topological polar surface area (TPSA) is 49.7 Å². The molecule has 0 saturated carbocycles. The van der Waals surface area contributed by atoms with Crippen LogP contribution in [0.25, 0.3) is 0 Å². The molecule has 1 heterocycles. The normalized spacial score (nSPS) is 26.4. The average molecular weight is 192 g/mol. The van der Waals surface area contributed by atoms with Gasteiger partial charge in [-0.3, -0.25) is 0 Å². The first-order valence-corrected chi connectivity index (χ1v) is 4.78. The molecule has 1 fully saturated rings. The Hall–Kier alpha value is -0.835. The Bertz CT molecular complexity index is 289. The van der Waals surface area contributed by atoms with Gasteiger partial charge in [-0.25, -0.2) is 0 Å². The first kappa shape index (κ1) is 9.71. The van der Waals surface area contributed by atoms with E-state index in [0.717, 1.165) is 5.56 Å². The summed E-state index contributed by atoms with van der Waals surface area (Å²) in [5, 5.41) is 18.3. The van der Waals surface area contributed by atoms with Crippen LogP contribution in [0.5, 0.6) is 0 Å². The molecule has 0 radical (unpaired) electrons. The highest BCUT2D eigenvalue weighted by Gasteiger charge is 2.37. The molecule has 0 bridgehead atoms. The lowest BCUT2D eigenvalue weighted by atomic mass is 9.65. The van der Waals surface area contributed by atoms with Gasteiger partial charge in [0.15, 0.2) is 0 Å². The summed E-state index contributed by atoms with van der Waals surface area (Å²) in [4.78, 5) is 0. The first-order chi connectivity index (χ1) is 6.79. The van der Waals surface area contributed by atoms with Crippen LogP contribution in [0.4, 0.5) is 0 Å². The Labute approximate surface area is 83.5 Å². The molecule has 3 nitrogen and oxygen atoms in total. The van der Waals surface area contributed by atoms with Gasteiger partial charge in [-0.15, -0.1) is 0 Å². The van der Waals surface area contributed by atoms with Crippen molar-refractivity contribution in [1.29, 1.82) is 0 Å². The molecule has 14 heavy (non-hydrogen) atoms. The molecule has 2 N–H and O–H groups in total. The van der Waals surface area contributed by atoms with Gasteiger partial charge in [-0.2, -0.15) is 0 Å². The van der Waals surface area contributed by atoms with Crippen molar-refractivity contribution in [1.82, 2.24) is 0 Å². The van der Waals surface area contributed by atoms with Crippen molar-refractivity contribution in [3.05, 3.63) is 35.9 Å². The minimum atomic E-state index is -1.29. The van der Waals surface area contributed by atoms with Gasteiger partial charge >= 0.3 is 7.12 Å². The minimum Gasteiger partial charge on any atom is -0.427 e. The van der Waals surface area contributed by atoms with E-state index in [-0.39, 0.29) is 11.7 Å². The standard InChI is InChI=1S/C10H13BO3/c12-11(13)10-7-14-6-9(10)8-4-2-1-3-5-8/h1-5,9-10,12-13H,6-7H2/t9-,10-/m1/s1. The Morgan fingerprint density at radius 3 is 2.50 bits per heavy atom. The molecule has 1 aromatic carbocycles. The van der Waals surface area contributed by atoms with Gasteiger partial charge in [0.2, 0.25) is 0 Å². The van der Waals surface area contributed by atoms with E-state index in [2.05, 4.69) is 0 Å². The molecule has 1 aliphatic heterocycles. The van der Waals surface area contributed by atoms with Gasteiger partial charge in [0.1, 0.15) is 0 Å².